The first-order valence-corrected chi connectivity index (χ1v) is 11.2. The molecule has 37 heavy (non-hydrogen) atoms. The molecule has 8 nitrogen and oxygen atoms in total. The van der Waals surface area contributed by atoms with Crippen LogP contribution in [0.25, 0.3) is 0 Å². The number of halogens is 7. The second kappa shape index (κ2) is 14.2. The molecule has 0 saturated carbocycles. The highest BCUT2D eigenvalue weighted by Gasteiger charge is 2.74. The lowest BCUT2D eigenvalue weighted by molar-refractivity contribution is -0.423. The minimum Gasteiger partial charge on any atom is -0.492 e. The van der Waals surface area contributed by atoms with Crippen molar-refractivity contribution >= 4 is 12.0 Å². The van der Waals surface area contributed by atoms with Crippen LogP contribution in [0.4, 0.5) is 35.5 Å². The number of carbonyl (C=O) groups excluding carboxylic acids is 1. The maximum absolute atomic E-state index is 13.3. The molecule has 2 N–H and O–H groups in total. The van der Waals surface area contributed by atoms with Gasteiger partial charge < -0.3 is 29.5 Å². The Morgan fingerprint density at radius 1 is 1.00 bits per heavy atom. The zero-order valence-corrected chi connectivity index (χ0v) is 20.1. The molecule has 0 aliphatic heterocycles. The smallest absolute Gasteiger partial charge is 0.462 e. The highest BCUT2D eigenvalue weighted by Crippen LogP contribution is 2.46. The molecule has 0 aromatic heterocycles. The van der Waals surface area contributed by atoms with Gasteiger partial charge >= 0.3 is 30.2 Å². The number of hydrogen-bond acceptors (Lipinski definition) is 5. The molecule has 0 spiro atoms. The summed E-state index contributed by atoms with van der Waals surface area (Å²) in [5, 5.41) is 11.6. The number of benzene rings is 1. The van der Waals surface area contributed by atoms with Gasteiger partial charge in [-0.1, -0.05) is 19.1 Å². The van der Waals surface area contributed by atoms with E-state index in [0.717, 1.165) is 4.90 Å². The van der Waals surface area contributed by atoms with E-state index in [4.69, 9.17) is 14.6 Å². The van der Waals surface area contributed by atoms with Gasteiger partial charge in [-0.3, -0.25) is 0 Å². The first-order chi connectivity index (χ1) is 17.2. The van der Waals surface area contributed by atoms with Crippen molar-refractivity contribution in [3.8, 4) is 5.75 Å². The molecule has 0 heterocycles. The Kier molecular flexibility index (Phi) is 12.4. The van der Waals surface area contributed by atoms with Crippen molar-refractivity contribution < 1.29 is 59.6 Å². The van der Waals surface area contributed by atoms with Crippen LogP contribution in [-0.4, -0.2) is 85.8 Å². The van der Waals surface area contributed by atoms with Crippen LogP contribution in [0.15, 0.2) is 24.3 Å². The molecular weight excluding hydrogens is 521 g/mol. The van der Waals surface area contributed by atoms with Crippen LogP contribution in [0.2, 0.25) is 0 Å². The first-order valence-electron chi connectivity index (χ1n) is 11.2. The van der Waals surface area contributed by atoms with E-state index < -0.39 is 49.5 Å². The number of carboxylic acid groups (broad SMARTS) is 1. The third-order valence-electron chi connectivity index (χ3n) is 4.80. The standard InChI is InChI=1S/C22H29F7N2O6/c1-3-9-30-19(34)31(11-13-37-22(28,29)20(23,24)21(25,26)27)10-12-36-16-7-5-15(6-8-16)14-17(18(32)33)35-4-2/h5-8,17H,3-4,9-14H2,1-2H3,(H,30,34)(H,32,33). The quantitative estimate of drug-likeness (QED) is 0.298. The van der Waals surface area contributed by atoms with E-state index in [1.54, 1.807) is 26.0 Å². The molecule has 0 aliphatic rings. The van der Waals surface area contributed by atoms with E-state index in [-0.39, 0.29) is 32.7 Å². The van der Waals surface area contributed by atoms with Gasteiger partial charge in [-0.05, 0) is 31.0 Å². The second-order valence-electron chi connectivity index (χ2n) is 7.64. The van der Waals surface area contributed by atoms with Gasteiger partial charge in [0.05, 0.1) is 13.2 Å². The van der Waals surface area contributed by atoms with Gasteiger partial charge in [-0.15, -0.1) is 0 Å². The topological polar surface area (TPSA) is 97.3 Å². The minimum absolute atomic E-state index is 0.104. The maximum Gasteiger partial charge on any atom is 0.462 e. The largest absolute Gasteiger partial charge is 0.492 e. The van der Waals surface area contributed by atoms with Gasteiger partial charge in [0, 0.05) is 26.1 Å². The Balaban J connectivity index is 2.71. The fraction of sp³-hybridized carbons (Fsp3) is 0.636. The number of nitrogens with one attached hydrogen (secondary N) is 1. The number of rotatable bonds is 16. The lowest BCUT2D eigenvalue weighted by atomic mass is 10.1. The number of nitrogens with zero attached hydrogens (tertiary/aromatic N) is 1. The van der Waals surface area contributed by atoms with Crippen LogP contribution in [0.5, 0.6) is 5.75 Å². The van der Waals surface area contributed by atoms with Crippen molar-refractivity contribution in [2.24, 2.45) is 0 Å². The summed E-state index contributed by atoms with van der Waals surface area (Å²) in [5.74, 6) is -7.22. The molecular formula is C22H29F7N2O6. The third-order valence-corrected chi connectivity index (χ3v) is 4.80. The molecule has 1 atom stereocenters. The summed E-state index contributed by atoms with van der Waals surface area (Å²) in [6.45, 7) is 1.33. The van der Waals surface area contributed by atoms with Crippen molar-refractivity contribution in [2.45, 2.75) is 51.0 Å². The first kappa shape index (κ1) is 32.2. The SMILES string of the molecule is CCCNC(=O)N(CCOc1ccc(CC(OCC)C(=O)O)cc1)CCOC(F)(F)C(F)(F)C(F)(F)F. The van der Waals surface area contributed by atoms with Crippen LogP contribution >= 0.6 is 0 Å². The molecule has 15 heteroatoms. The molecule has 0 saturated heterocycles. The highest BCUT2D eigenvalue weighted by atomic mass is 19.4. The molecule has 0 radical (unpaired) electrons. The zero-order valence-electron chi connectivity index (χ0n) is 20.1. The van der Waals surface area contributed by atoms with Crippen molar-refractivity contribution in [1.29, 1.82) is 0 Å². The highest BCUT2D eigenvalue weighted by molar-refractivity contribution is 5.74. The number of alkyl halides is 7. The third kappa shape index (κ3) is 9.87. The van der Waals surface area contributed by atoms with Gasteiger partial charge in [0.25, 0.3) is 0 Å². The van der Waals surface area contributed by atoms with Crippen molar-refractivity contribution in [3.63, 3.8) is 0 Å². The lowest BCUT2D eigenvalue weighted by Gasteiger charge is -2.29. The van der Waals surface area contributed by atoms with Crippen LogP contribution < -0.4 is 10.1 Å². The number of carbonyl (C=O) groups is 2. The van der Waals surface area contributed by atoms with E-state index in [1.165, 1.54) is 12.1 Å². The summed E-state index contributed by atoms with van der Waals surface area (Å²) in [6, 6.07) is 5.43. The summed E-state index contributed by atoms with van der Waals surface area (Å²) in [7, 11) is 0. The summed E-state index contributed by atoms with van der Waals surface area (Å²) in [6.07, 6.45) is -12.8. The Morgan fingerprint density at radius 3 is 2.11 bits per heavy atom. The monoisotopic (exact) mass is 550 g/mol. The zero-order chi connectivity index (χ0) is 28.3. The van der Waals surface area contributed by atoms with E-state index in [2.05, 4.69) is 10.1 Å². The average molecular weight is 550 g/mol. The molecule has 0 aliphatic carbocycles. The van der Waals surface area contributed by atoms with Crippen LogP contribution in [0, 0.1) is 0 Å². The normalized spacial score (nSPS) is 13.2. The number of ether oxygens (including phenoxy) is 3. The molecule has 2 amide bonds. The maximum atomic E-state index is 13.3. The Morgan fingerprint density at radius 2 is 1.59 bits per heavy atom. The van der Waals surface area contributed by atoms with Gasteiger partial charge in [0.2, 0.25) is 0 Å². The summed E-state index contributed by atoms with van der Waals surface area (Å²) < 4.78 is 103. The molecule has 1 aromatic rings. The van der Waals surface area contributed by atoms with Gasteiger partial charge in [0.1, 0.15) is 12.4 Å². The molecule has 212 valence electrons. The van der Waals surface area contributed by atoms with Gasteiger partial charge in [-0.25, -0.2) is 9.59 Å². The Labute approximate surface area is 208 Å². The van der Waals surface area contributed by atoms with Crippen LogP contribution in [0.1, 0.15) is 25.8 Å². The molecule has 1 rings (SSSR count). The minimum atomic E-state index is -6.53. The van der Waals surface area contributed by atoms with Gasteiger partial charge in [0.15, 0.2) is 6.10 Å². The Bertz CT molecular complexity index is 853. The molecule has 1 aromatic carbocycles. The van der Waals surface area contributed by atoms with E-state index >= 15 is 0 Å². The predicted molar refractivity (Wildman–Crippen MR) is 116 cm³/mol. The van der Waals surface area contributed by atoms with E-state index in [1.807, 2.05) is 0 Å². The van der Waals surface area contributed by atoms with Crippen molar-refractivity contribution in [2.75, 3.05) is 39.5 Å². The summed E-state index contributed by atoms with van der Waals surface area (Å²) in [4.78, 5) is 24.3. The van der Waals surface area contributed by atoms with E-state index in [9.17, 15) is 40.3 Å². The van der Waals surface area contributed by atoms with E-state index in [0.29, 0.717) is 17.7 Å². The predicted octanol–water partition coefficient (Wildman–Crippen LogP) is 4.33. The van der Waals surface area contributed by atoms with Crippen molar-refractivity contribution in [3.05, 3.63) is 29.8 Å². The fourth-order valence-electron chi connectivity index (χ4n) is 2.83. The molecule has 1 unspecified atom stereocenters. The number of aliphatic carboxylic acids is 1. The average Bonchev–Trinajstić information content (AvgIpc) is 2.81. The molecule has 0 fully saturated rings. The lowest BCUT2D eigenvalue weighted by Crippen LogP contribution is -2.54. The van der Waals surface area contributed by atoms with Crippen LogP contribution in [-0.2, 0) is 20.7 Å². The number of urea groups is 1. The second-order valence-corrected chi connectivity index (χ2v) is 7.64. The Hall–Kier alpha value is -2.81. The number of hydrogen-bond donors (Lipinski definition) is 2. The fourth-order valence-corrected chi connectivity index (χ4v) is 2.83. The van der Waals surface area contributed by atoms with Gasteiger partial charge in [-0.2, -0.15) is 30.7 Å². The summed E-state index contributed by atoms with van der Waals surface area (Å²) >= 11 is 0. The number of carboxylic acids is 1. The summed E-state index contributed by atoms with van der Waals surface area (Å²) in [5.41, 5.74) is 0.641. The van der Waals surface area contributed by atoms with Crippen LogP contribution in [0.3, 0.4) is 0 Å². The number of amides is 2. The van der Waals surface area contributed by atoms with Crippen molar-refractivity contribution in [1.82, 2.24) is 10.2 Å². The molecule has 0 bridgehead atoms.